The largest absolute Gasteiger partial charge is 0.338 e. The average molecular weight is 373 g/mol. The monoisotopic (exact) mass is 372 g/mol. The molecule has 25 heavy (non-hydrogen) atoms. The van der Waals surface area contributed by atoms with E-state index in [4.69, 9.17) is 23.2 Å². The second-order valence-corrected chi connectivity index (χ2v) is 6.12. The molecule has 7 heteroatoms. The third-order valence-electron chi connectivity index (χ3n) is 3.45. The van der Waals surface area contributed by atoms with E-state index in [1.165, 1.54) is 12.4 Å². The van der Waals surface area contributed by atoms with Gasteiger partial charge in [-0.05, 0) is 36.8 Å². The van der Waals surface area contributed by atoms with Crippen LogP contribution in [-0.2, 0) is 0 Å². The lowest BCUT2D eigenvalue weighted by molar-refractivity contribution is 0.102. The van der Waals surface area contributed by atoms with Gasteiger partial charge < -0.3 is 10.6 Å². The predicted octanol–water partition coefficient (Wildman–Crippen LogP) is 5.09. The Morgan fingerprint density at radius 1 is 1.00 bits per heavy atom. The Hall–Kier alpha value is -2.63. The molecule has 3 aromatic rings. The zero-order valence-electron chi connectivity index (χ0n) is 13.3. The molecule has 0 radical (unpaired) electrons. The molecule has 0 aliphatic rings. The third-order valence-corrected chi connectivity index (χ3v) is 4.19. The molecule has 0 bridgehead atoms. The number of carbonyl (C=O) groups is 1. The van der Waals surface area contributed by atoms with Crippen molar-refractivity contribution < 1.29 is 4.79 Å². The fourth-order valence-corrected chi connectivity index (χ4v) is 2.44. The van der Waals surface area contributed by atoms with E-state index in [0.717, 1.165) is 5.56 Å². The van der Waals surface area contributed by atoms with Crippen molar-refractivity contribution >= 4 is 46.3 Å². The number of halogens is 2. The number of carbonyl (C=O) groups excluding carboxylic acids is 1. The van der Waals surface area contributed by atoms with E-state index in [9.17, 15) is 4.79 Å². The Balaban J connectivity index is 1.70. The van der Waals surface area contributed by atoms with Crippen LogP contribution in [0.5, 0.6) is 0 Å². The first-order chi connectivity index (χ1) is 12.0. The summed E-state index contributed by atoms with van der Waals surface area (Å²) in [6, 6.07) is 12.6. The molecule has 0 fully saturated rings. The van der Waals surface area contributed by atoms with E-state index in [2.05, 4.69) is 20.6 Å². The zero-order chi connectivity index (χ0) is 17.8. The lowest BCUT2D eigenvalue weighted by atomic mass is 10.2. The van der Waals surface area contributed by atoms with Gasteiger partial charge in [-0.1, -0.05) is 41.4 Å². The van der Waals surface area contributed by atoms with Crippen molar-refractivity contribution in [3.63, 3.8) is 0 Å². The number of benzene rings is 2. The van der Waals surface area contributed by atoms with Crippen molar-refractivity contribution in [1.82, 2.24) is 9.97 Å². The fraction of sp³-hybridized carbons (Fsp3) is 0.0556. The SMILES string of the molecule is Cc1ccc(NC(=O)c2cnc(Nc3ccccc3Cl)cn2)cc1Cl. The molecule has 5 nitrogen and oxygen atoms in total. The molecule has 0 saturated heterocycles. The van der Waals surface area contributed by atoms with Crippen molar-refractivity contribution in [2.75, 3.05) is 10.6 Å². The summed E-state index contributed by atoms with van der Waals surface area (Å²) >= 11 is 12.1. The molecule has 1 heterocycles. The minimum Gasteiger partial charge on any atom is -0.338 e. The van der Waals surface area contributed by atoms with Crippen LogP contribution in [0.2, 0.25) is 10.0 Å². The molecule has 0 atom stereocenters. The Morgan fingerprint density at radius 2 is 1.80 bits per heavy atom. The second kappa shape index (κ2) is 7.51. The Morgan fingerprint density at radius 3 is 2.48 bits per heavy atom. The molecule has 0 spiro atoms. The second-order valence-electron chi connectivity index (χ2n) is 5.31. The van der Waals surface area contributed by atoms with Gasteiger partial charge in [0.25, 0.3) is 5.91 Å². The number of rotatable bonds is 4. The molecule has 0 saturated carbocycles. The van der Waals surface area contributed by atoms with Crippen molar-refractivity contribution in [3.8, 4) is 0 Å². The van der Waals surface area contributed by atoms with E-state index in [-0.39, 0.29) is 11.6 Å². The highest BCUT2D eigenvalue weighted by Gasteiger charge is 2.10. The van der Waals surface area contributed by atoms with E-state index >= 15 is 0 Å². The highest BCUT2D eigenvalue weighted by atomic mass is 35.5. The van der Waals surface area contributed by atoms with Gasteiger partial charge in [-0.3, -0.25) is 4.79 Å². The molecule has 0 aliphatic heterocycles. The molecule has 2 aromatic carbocycles. The van der Waals surface area contributed by atoms with Crippen LogP contribution in [-0.4, -0.2) is 15.9 Å². The first-order valence-electron chi connectivity index (χ1n) is 7.44. The normalized spacial score (nSPS) is 10.4. The van der Waals surface area contributed by atoms with Gasteiger partial charge in [-0.15, -0.1) is 0 Å². The number of amides is 1. The summed E-state index contributed by atoms with van der Waals surface area (Å²) in [7, 11) is 0. The number of nitrogens with one attached hydrogen (secondary N) is 2. The quantitative estimate of drug-likeness (QED) is 0.669. The highest BCUT2D eigenvalue weighted by Crippen LogP contribution is 2.23. The summed E-state index contributed by atoms with van der Waals surface area (Å²) in [5.74, 6) is 0.125. The molecule has 1 aromatic heterocycles. The summed E-state index contributed by atoms with van der Waals surface area (Å²) in [6.07, 6.45) is 2.87. The van der Waals surface area contributed by atoms with Crippen LogP contribution in [0.1, 0.15) is 16.1 Å². The van der Waals surface area contributed by atoms with Gasteiger partial charge >= 0.3 is 0 Å². The van der Waals surface area contributed by atoms with Gasteiger partial charge in [0, 0.05) is 10.7 Å². The standard InChI is InChI=1S/C18H14Cl2N4O/c1-11-6-7-12(8-14(11)20)23-18(25)16-9-22-17(10-21-16)24-15-5-3-2-4-13(15)19/h2-10H,1H3,(H,22,24)(H,23,25). The summed E-state index contributed by atoms with van der Waals surface area (Å²) in [6.45, 7) is 1.89. The van der Waals surface area contributed by atoms with Gasteiger partial charge in [-0.25, -0.2) is 9.97 Å². The first kappa shape index (κ1) is 17.2. The van der Waals surface area contributed by atoms with Crippen molar-refractivity contribution in [2.45, 2.75) is 6.92 Å². The molecule has 0 aliphatic carbocycles. The van der Waals surface area contributed by atoms with E-state index in [1.54, 1.807) is 18.2 Å². The number of aromatic nitrogens is 2. The topological polar surface area (TPSA) is 66.9 Å². The summed E-state index contributed by atoms with van der Waals surface area (Å²) in [4.78, 5) is 20.6. The molecule has 3 rings (SSSR count). The lowest BCUT2D eigenvalue weighted by Gasteiger charge is -2.08. The summed E-state index contributed by atoms with van der Waals surface area (Å²) in [5, 5.41) is 6.94. The predicted molar refractivity (Wildman–Crippen MR) is 101 cm³/mol. The van der Waals surface area contributed by atoms with Gasteiger partial charge in [0.05, 0.1) is 23.1 Å². The molecule has 0 unspecified atom stereocenters. The van der Waals surface area contributed by atoms with Crippen LogP contribution in [0.25, 0.3) is 0 Å². The minimum absolute atomic E-state index is 0.196. The minimum atomic E-state index is -0.364. The number of hydrogen-bond acceptors (Lipinski definition) is 4. The number of para-hydroxylation sites is 1. The first-order valence-corrected chi connectivity index (χ1v) is 8.19. The zero-order valence-corrected chi connectivity index (χ0v) is 14.8. The van der Waals surface area contributed by atoms with E-state index in [0.29, 0.717) is 27.2 Å². The molecule has 2 N–H and O–H groups in total. The van der Waals surface area contributed by atoms with Crippen LogP contribution in [0, 0.1) is 6.92 Å². The Labute approximate surface area is 155 Å². The maximum Gasteiger partial charge on any atom is 0.275 e. The smallest absolute Gasteiger partial charge is 0.275 e. The van der Waals surface area contributed by atoms with Gasteiger partial charge in [0.15, 0.2) is 0 Å². The van der Waals surface area contributed by atoms with Gasteiger partial charge in [0.1, 0.15) is 11.5 Å². The molecular weight excluding hydrogens is 359 g/mol. The van der Waals surface area contributed by atoms with Crippen LogP contribution in [0.3, 0.4) is 0 Å². The van der Waals surface area contributed by atoms with Crippen LogP contribution in [0.15, 0.2) is 54.9 Å². The number of hydrogen-bond donors (Lipinski definition) is 2. The van der Waals surface area contributed by atoms with Crippen molar-refractivity contribution in [1.29, 1.82) is 0 Å². The van der Waals surface area contributed by atoms with Gasteiger partial charge in [-0.2, -0.15) is 0 Å². The van der Waals surface area contributed by atoms with Crippen LogP contribution in [0.4, 0.5) is 17.2 Å². The van der Waals surface area contributed by atoms with E-state index < -0.39 is 0 Å². The fourth-order valence-electron chi connectivity index (χ4n) is 2.08. The maximum absolute atomic E-state index is 12.2. The van der Waals surface area contributed by atoms with Crippen molar-refractivity contribution in [3.05, 3.63) is 76.2 Å². The molecule has 126 valence electrons. The van der Waals surface area contributed by atoms with E-state index in [1.807, 2.05) is 31.2 Å². The number of nitrogens with zero attached hydrogens (tertiary/aromatic N) is 2. The number of anilines is 3. The van der Waals surface area contributed by atoms with Crippen LogP contribution < -0.4 is 10.6 Å². The lowest BCUT2D eigenvalue weighted by Crippen LogP contribution is -2.14. The van der Waals surface area contributed by atoms with Crippen LogP contribution >= 0.6 is 23.2 Å². The Kier molecular flexibility index (Phi) is 5.16. The summed E-state index contributed by atoms with van der Waals surface area (Å²) in [5.41, 5.74) is 2.45. The highest BCUT2D eigenvalue weighted by molar-refractivity contribution is 6.33. The van der Waals surface area contributed by atoms with Crippen molar-refractivity contribution in [2.24, 2.45) is 0 Å². The Bertz CT molecular complexity index is 913. The summed E-state index contributed by atoms with van der Waals surface area (Å²) < 4.78 is 0. The number of aryl methyl sites for hydroxylation is 1. The van der Waals surface area contributed by atoms with Gasteiger partial charge in [0.2, 0.25) is 0 Å². The third kappa shape index (κ3) is 4.26. The maximum atomic E-state index is 12.2. The molecule has 1 amide bonds. The average Bonchev–Trinajstić information content (AvgIpc) is 2.61. The molecular formula is C18H14Cl2N4O.